The highest BCUT2D eigenvalue weighted by molar-refractivity contribution is 7.92. The average Bonchev–Trinajstić information content (AvgIpc) is 2.74. The van der Waals surface area contributed by atoms with Crippen LogP contribution in [-0.4, -0.2) is 28.5 Å². The molecule has 156 valence electrons. The van der Waals surface area contributed by atoms with Crippen LogP contribution in [0.4, 0.5) is 15.8 Å². The van der Waals surface area contributed by atoms with Gasteiger partial charge in [0.25, 0.3) is 15.9 Å². The molecule has 30 heavy (non-hydrogen) atoms. The molecule has 6 nitrogen and oxygen atoms in total. The standard InChI is InChI=1S/C21H18ClFN2O4S/c1-25(15-9-7-14(23)8-10-15)30(27,28)16-11-12-18(22)17(13-16)21(26)24-19-5-3-4-6-20(19)29-2/h3-13H,1-2H3,(H,24,26). The number of hydrogen-bond acceptors (Lipinski definition) is 4. The van der Waals surface area contributed by atoms with Gasteiger partial charge >= 0.3 is 0 Å². The number of carbonyl (C=O) groups is 1. The molecule has 0 radical (unpaired) electrons. The van der Waals surface area contributed by atoms with Gasteiger partial charge < -0.3 is 10.1 Å². The summed E-state index contributed by atoms with van der Waals surface area (Å²) >= 11 is 6.15. The molecule has 0 aliphatic heterocycles. The summed E-state index contributed by atoms with van der Waals surface area (Å²) in [7, 11) is -1.21. The monoisotopic (exact) mass is 448 g/mol. The first-order chi connectivity index (χ1) is 14.2. The Hall–Kier alpha value is -3.10. The molecule has 0 atom stereocenters. The predicted molar refractivity (Wildman–Crippen MR) is 114 cm³/mol. The number of rotatable bonds is 6. The summed E-state index contributed by atoms with van der Waals surface area (Å²) in [5.41, 5.74) is 0.667. The van der Waals surface area contributed by atoms with Gasteiger partial charge in [-0.15, -0.1) is 0 Å². The second kappa shape index (κ2) is 8.73. The maximum atomic E-state index is 13.2. The lowest BCUT2D eigenvalue weighted by Crippen LogP contribution is -2.27. The first kappa shape index (κ1) is 21.6. The third-order valence-electron chi connectivity index (χ3n) is 4.39. The Morgan fingerprint density at radius 3 is 2.40 bits per heavy atom. The molecule has 1 amide bonds. The van der Waals surface area contributed by atoms with Crippen LogP contribution in [0.25, 0.3) is 0 Å². The summed E-state index contributed by atoms with van der Waals surface area (Å²) in [6.07, 6.45) is 0. The molecule has 9 heteroatoms. The van der Waals surface area contributed by atoms with Crippen LogP contribution < -0.4 is 14.4 Å². The van der Waals surface area contributed by atoms with E-state index in [-0.39, 0.29) is 21.2 Å². The molecular weight excluding hydrogens is 431 g/mol. The van der Waals surface area contributed by atoms with Crippen molar-refractivity contribution in [1.82, 2.24) is 0 Å². The Bertz CT molecular complexity index is 1180. The second-order valence-electron chi connectivity index (χ2n) is 6.25. The number of hydrogen-bond donors (Lipinski definition) is 1. The molecule has 0 fully saturated rings. The average molecular weight is 449 g/mol. The van der Waals surface area contributed by atoms with Crippen molar-refractivity contribution < 1.29 is 22.3 Å². The van der Waals surface area contributed by atoms with Gasteiger partial charge in [0.2, 0.25) is 0 Å². The quantitative estimate of drug-likeness (QED) is 0.599. The number of sulfonamides is 1. The molecule has 0 bridgehead atoms. The molecule has 0 aromatic heterocycles. The smallest absolute Gasteiger partial charge is 0.264 e. The Morgan fingerprint density at radius 1 is 1.07 bits per heavy atom. The summed E-state index contributed by atoms with van der Waals surface area (Å²) in [5.74, 6) is -0.626. The minimum Gasteiger partial charge on any atom is -0.495 e. The highest BCUT2D eigenvalue weighted by Crippen LogP contribution is 2.28. The molecule has 0 heterocycles. The minimum atomic E-state index is -4.02. The van der Waals surface area contributed by atoms with Crippen molar-refractivity contribution in [2.45, 2.75) is 4.90 Å². The Balaban J connectivity index is 1.94. The summed E-state index contributed by atoms with van der Waals surface area (Å²) < 4.78 is 45.4. The molecule has 0 aliphatic rings. The topological polar surface area (TPSA) is 75.7 Å². The number of benzene rings is 3. The molecule has 0 spiro atoms. The number of nitrogens with zero attached hydrogens (tertiary/aromatic N) is 1. The number of para-hydroxylation sites is 2. The van der Waals surface area contributed by atoms with Gasteiger partial charge in [0.15, 0.2) is 0 Å². The molecule has 0 unspecified atom stereocenters. The van der Waals surface area contributed by atoms with Crippen molar-refractivity contribution in [3.63, 3.8) is 0 Å². The summed E-state index contributed by atoms with van der Waals surface area (Å²) in [6.45, 7) is 0. The van der Waals surface area contributed by atoms with Crippen LogP contribution in [0.1, 0.15) is 10.4 Å². The SMILES string of the molecule is COc1ccccc1NC(=O)c1cc(S(=O)(=O)N(C)c2ccc(F)cc2)ccc1Cl. The highest BCUT2D eigenvalue weighted by Gasteiger charge is 2.24. The lowest BCUT2D eigenvalue weighted by Gasteiger charge is -2.20. The highest BCUT2D eigenvalue weighted by atomic mass is 35.5. The van der Waals surface area contributed by atoms with Crippen molar-refractivity contribution in [1.29, 1.82) is 0 Å². The van der Waals surface area contributed by atoms with E-state index in [2.05, 4.69) is 5.32 Å². The summed E-state index contributed by atoms with van der Waals surface area (Å²) in [5, 5.41) is 2.75. The molecule has 0 saturated heterocycles. The van der Waals surface area contributed by atoms with Crippen LogP contribution in [0.2, 0.25) is 5.02 Å². The van der Waals surface area contributed by atoms with Gasteiger partial charge in [-0.25, -0.2) is 12.8 Å². The van der Waals surface area contributed by atoms with Crippen molar-refractivity contribution in [2.24, 2.45) is 0 Å². The summed E-state index contributed by atoms with van der Waals surface area (Å²) in [4.78, 5) is 12.6. The van der Waals surface area contributed by atoms with E-state index < -0.39 is 21.7 Å². The number of ether oxygens (including phenoxy) is 1. The number of halogens is 2. The number of methoxy groups -OCH3 is 1. The van der Waals surface area contributed by atoms with Gasteiger partial charge in [-0.1, -0.05) is 23.7 Å². The molecule has 3 rings (SSSR count). The van der Waals surface area contributed by atoms with Crippen LogP contribution in [0.3, 0.4) is 0 Å². The lowest BCUT2D eigenvalue weighted by molar-refractivity contribution is 0.102. The molecule has 0 aliphatic carbocycles. The van der Waals surface area contributed by atoms with Gasteiger partial charge in [-0.2, -0.15) is 0 Å². The third kappa shape index (κ3) is 4.39. The van der Waals surface area contributed by atoms with E-state index in [1.165, 1.54) is 44.5 Å². The van der Waals surface area contributed by atoms with E-state index in [4.69, 9.17) is 16.3 Å². The molecule has 1 N–H and O–H groups in total. The van der Waals surface area contributed by atoms with Crippen LogP contribution in [0.15, 0.2) is 71.6 Å². The lowest BCUT2D eigenvalue weighted by atomic mass is 10.2. The largest absolute Gasteiger partial charge is 0.495 e. The predicted octanol–water partition coefficient (Wildman–Crippen LogP) is 4.57. The maximum absolute atomic E-state index is 13.2. The van der Waals surface area contributed by atoms with E-state index in [1.54, 1.807) is 24.3 Å². The van der Waals surface area contributed by atoms with Crippen LogP contribution in [-0.2, 0) is 10.0 Å². The normalized spacial score (nSPS) is 11.1. The zero-order valence-electron chi connectivity index (χ0n) is 16.1. The van der Waals surface area contributed by atoms with E-state index >= 15 is 0 Å². The Labute approximate surface area is 178 Å². The fourth-order valence-corrected chi connectivity index (χ4v) is 4.15. The van der Waals surface area contributed by atoms with Gasteiger partial charge in [0.1, 0.15) is 11.6 Å². The summed E-state index contributed by atoms with van der Waals surface area (Å²) in [6, 6.07) is 15.6. The third-order valence-corrected chi connectivity index (χ3v) is 6.50. The van der Waals surface area contributed by atoms with Crippen molar-refractivity contribution >= 4 is 38.9 Å². The van der Waals surface area contributed by atoms with Gasteiger partial charge in [0.05, 0.1) is 34.0 Å². The number of anilines is 2. The van der Waals surface area contributed by atoms with Gasteiger partial charge in [0, 0.05) is 7.05 Å². The van der Waals surface area contributed by atoms with Crippen LogP contribution >= 0.6 is 11.6 Å². The zero-order valence-corrected chi connectivity index (χ0v) is 17.7. The first-order valence-corrected chi connectivity index (χ1v) is 10.5. The number of amides is 1. The van der Waals surface area contributed by atoms with Crippen molar-refractivity contribution in [2.75, 3.05) is 23.8 Å². The van der Waals surface area contributed by atoms with Crippen LogP contribution in [0, 0.1) is 5.82 Å². The molecule has 3 aromatic carbocycles. The van der Waals surface area contributed by atoms with Crippen LogP contribution in [0.5, 0.6) is 5.75 Å². The zero-order chi connectivity index (χ0) is 21.9. The molecule has 0 saturated carbocycles. The Morgan fingerprint density at radius 2 is 1.73 bits per heavy atom. The Kier molecular flexibility index (Phi) is 6.28. The van der Waals surface area contributed by atoms with Crippen molar-refractivity contribution in [3.05, 3.63) is 83.1 Å². The minimum absolute atomic E-state index is 0.0175. The van der Waals surface area contributed by atoms with Crippen molar-refractivity contribution in [3.8, 4) is 5.75 Å². The van der Waals surface area contributed by atoms with E-state index in [1.807, 2.05) is 0 Å². The maximum Gasteiger partial charge on any atom is 0.264 e. The number of nitrogens with one attached hydrogen (secondary N) is 1. The van der Waals surface area contributed by atoms with E-state index in [9.17, 15) is 17.6 Å². The molecular formula is C21H18ClFN2O4S. The molecule has 3 aromatic rings. The van der Waals surface area contributed by atoms with Gasteiger partial charge in [-0.3, -0.25) is 9.10 Å². The second-order valence-corrected chi connectivity index (χ2v) is 8.62. The van der Waals surface area contributed by atoms with E-state index in [0.29, 0.717) is 11.4 Å². The fraction of sp³-hybridized carbons (Fsp3) is 0.0952. The number of carbonyl (C=O) groups excluding carboxylic acids is 1. The first-order valence-electron chi connectivity index (χ1n) is 8.72. The fourth-order valence-electron chi connectivity index (χ4n) is 2.72. The van der Waals surface area contributed by atoms with E-state index in [0.717, 1.165) is 16.4 Å². The van der Waals surface area contributed by atoms with Gasteiger partial charge in [-0.05, 0) is 54.6 Å².